The average Bonchev–Trinajstić information content (AvgIpc) is 2.88. The second-order valence-corrected chi connectivity index (χ2v) is 5.16. The van der Waals surface area contributed by atoms with Gasteiger partial charge < -0.3 is 4.57 Å². The molecule has 2 aromatic rings. The molecule has 0 aliphatic carbocycles. The summed E-state index contributed by atoms with van der Waals surface area (Å²) in [7, 11) is 0. The number of benzene rings is 1. The van der Waals surface area contributed by atoms with Crippen molar-refractivity contribution in [2.75, 3.05) is 0 Å². The number of nitrogens with zero attached hydrogens (tertiary/aromatic N) is 2. The van der Waals surface area contributed by atoms with Crippen LogP contribution in [0.4, 0.5) is 8.78 Å². The quantitative estimate of drug-likeness (QED) is 0.489. The third kappa shape index (κ3) is 3.58. The fraction of sp³-hybridized carbons (Fsp3) is 0.357. The van der Waals surface area contributed by atoms with Gasteiger partial charge in [0, 0.05) is 30.9 Å². The zero-order chi connectivity index (χ0) is 15.4. The van der Waals surface area contributed by atoms with E-state index in [0.717, 1.165) is 30.9 Å². The van der Waals surface area contributed by atoms with Gasteiger partial charge in [-0.05, 0) is 18.6 Å². The fourth-order valence-electron chi connectivity index (χ4n) is 2.22. The maximum absolute atomic E-state index is 14.0. The zero-order valence-corrected chi connectivity index (χ0v) is 12.4. The van der Waals surface area contributed by atoms with Gasteiger partial charge in [0.15, 0.2) is 0 Å². The first-order valence-corrected chi connectivity index (χ1v) is 7.05. The van der Waals surface area contributed by atoms with Crippen LogP contribution in [0, 0.1) is 11.6 Å². The van der Waals surface area contributed by atoms with Crippen molar-refractivity contribution < 1.29 is 8.78 Å². The monoisotopic (exact) mass is 314 g/mol. The molecule has 0 aliphatic rings. The minimum atomic E-state index is -0.676. The molecule has 21 heavy (non-hydrogen) atoms. The molecule has 0 spiro atoms. The first-order valence-electron chi connectivity index (χ1n) is 6.67. The summed E-state index contributed by atoms with van der Waals surface area (Å²) < 4.78 is 29.5. The Bertz CT molecular complexity index is 615. The molecule has 1 heterocycles. The molecule has 0 radical (unpaired) electrons. The number of aromatic nitrogens is 2. The topological polar surface area (TPSA) is 55.9 Å². The largest absolute Gasteiger partial charge is 0.335 e. The summed E-state index contributed by atoms with van der Waals surface area (Å²) in [5, 5.41) is -0.250. The van der Waals surface area contributed by atoms with E-state index in [-0.39, 0.29) is 10.6 Å². The third-order valence-corrected chi connectivity index (χ3v) is 3.56. The lowest BCUT2D eigenvalue weighted by atomic mass is 10.0. The molecule has 0 aliphatic heterocycles. The molecule has 1 unspecified atom stereocenters. The average molecular weight is 315 g/mol. The molecule has 3 N–H and O–H groups in total. The van der Waals surface area contributed by atoms with Crippen molar-refractivity contribution in [3.05, 3.63) is 52.6 Å². The normalized spacial score (nSPS) is 12.6. The van der Waals surface area contributed by atoms with Crippen molar-refractivity contribution in [1.82, 2.24) is 15.0 Å². The number of rotatable bonds is 6. The predicted octanol–water partition coefficient (Wildman–Crippen LogP) is 2.97. The molecule has 0 saturated heterocycles. The summed E-state index contributed by atoms with van der Waals surface area (Å²) in [4.78, 5) is 4.24. The van der Waals surface area contributed by atoms with Gasteiger partial charge in [0.05, 0.1) is 11.1 Å². The van der Waals surface area contributed by atoms with Crippen LogP contribution in [0.3, 0.4) is 0 Å². The van der Waals surface area contributed by atoms with Crippen molar-refractivity contribution in [3.63, 3.8) is 0 Å². The van der Waals surface area contributed by atoms with Crippen molar-refractivity contribution >= 4 is 11.6 Å². The van der Waals surface area contributed by atoms with Crippen molar-refractivity contribution in [2.24, 2.45) is 5.84 Å². The molecule has 4 nitrogen and oxygen atoms in total. The van der Waals surface area contributed by atoms with E-state index in [4.69, 9.17) is 17.4 Å². The Morgan fingerprint density at radius 1 is 1.38 bits per heavy atom. The van der Waals surface area contributed by atoms with E-state index in [1.54, 1.807) is 6.20 Å². The van der Waals surface area contributed by atoms with E-state index >= 15 is 0 Å². The molecule has 2 rings (SSSR count). The molecule has 0 saturated carbocycles. The van der Waals surface area contributed by atoms with Crippen LogP contribution in [0.25, 0.3) is 0 Å². The van der Waals surface area contributed by atoms with E-state index in [1.807, 2.05) is 10.8 Å². The van der Waals surface area contributed by atoms with E-state index < -0.39 is 17.7 Å². The van der Waals surface area contributed by atoms with Gasteiger partial charge in [0.2, 0.25) is 0 Å². The lowest BCUT2D eigenvalue weighted by molar-refractivity contribution is 0.483. The highest BCUT2D eigenvalue weighted by molar-refractivity contribution is 6.30. The number of hydrogen-bond donors (Lipinski definition) is 2. The van der Waals surface area contributed by atoms with Crippen molar-refractivity contribution in [3.8, 4) is 0 Å². The summed E-state index contributed by atoms with van der Waals surface area (Å²) in [5.41, 5.74) is 2.64. The van der Waals surface area contributed by atoms with Crippen LogP contribution in [-0.4, -0.2) is 9.55 Å². The number of hydrazine groups is 1. The van der Waals surface area contributed by atoms with Crippen molar-refractivity contribution in [1.29, 1.82) is 0 Å². The molecular weight excluding hydrogens is 298 g/mol. The summed E-state index contributed by atoms with van der Waals surface area (Å²) in [6, 6.07) is 1.43. The van der Waals surface area contributed by atoms with Gasteiger partial charge in [-0.2, -0.15) is 0 Å². The van der Waals surface area contributed by atoms with Gasteiger partial charge in [-0.3, -0.25) is 11.3 Å². The first-order chi connectivity index (χ1) is 10.1. The Kier molecular flexibility index (Phi) is 5.27. The van der Waals surface area contributed by atoms with E-state index in [9.17, 15) is 8.78 Å². The summed E-state index contributed by atoms with van der Waals surface area (Å²) in [6.07, 6.45) is 4.83. The van der Waals surface area contributed by atoms with E-state index in [0.29, 0.717) is 6.42 Å². The van der Waals surface area contributed by atoms with Crippen molar-refractivity contribution in [2.45, 2.75) is 32.4 Å². The van der Waals surface area contributed by atoms with Crippen LogP contribution >= 0.6 is 11.6 Å². The minimum absolute atomic E-state index is 0.130. The van der Waals surface area contributed by atoms with E-state index in [2.05, 4.69) is 17.3 Å². The van der Waals surface area contributed by atoms with Crippen LogP contribution in [0.5, 0.6) is 0 Å². The lowest BCUT2D eigenvalue weighted by Gasteiger charge is -2.18. The number of aryl methyl sites for hydroxylation is 1. The number of imidazole rings is 1. The molecular formula is C14H17ClF2N4. The maximum Gasteiger partial charge on any atom is 0.142 e. The van der Waals surface area contributed by atoms with E-state index in [1.165, 1.54) is 0 Å². The Morgan fingerprint density at radius 2 is 2.14 bits per heavy atom. The standard InChI is InChI=1S/C14H17ClF2N4/c1-2-4-21-5-3-19-14(21)8-13(20-18)9-6-12(17)10(15)7-11(9)16/h3,5-7,13,20H,2,4,8,18H2,1H3. The SMILES string of the molecule is CCCn1ccnc1CC(NN)c1cc(F)c(Cl)cc1F. The molecule has 114 valence electrons. The summed E-state index contributed by atoms with van der Waals surface area (Å²) in [5.74, 6) is 4.98. The van der Waals surface area contributed by atoms with Gasteiger partial charge in [-0.1, -0.05) is 18.5 Å². The summed E-state index contributed by atoms with van der Waals surface area (Å²) in [6.45, 7) is 2.86. The highest BCUT2D eigenvalue weighted by Gasteiger charge is 2.19. The molecule has 1 aromatic heterocycles. The predicted molar refractivity (Wildman–Crippen MR) is 77.7 cm³/mol. The van der Waals surface area contributed by atoms with Gasteiger partial charge >= 0.3 is 0 Å². The molecule has 0 bridgehead atoms. The Hall–Kier alpha value is -1.50. The van der Waals surface area contributed by atoms with Crippen LogP contribution < -0.4 is 11.3 Å². The Labute approximate surface area is 126 Å². The fourth-order valence-corrected chi connectivity index (χ4v) is 2.37. The number of hydrogen-bond acceptors (Lipinski definition) is 3. The smallest absolute Gasteiger partial charge is 0.142 e. The minimum Gasteiger partial charge on any atom is -0.335 e. The molecule has 7 heteroatoms. The highest BCUT2D eigenvalue weighted by atomic mass is 35.5. The molecule has 0 fully saturated rings. The van der Waals surface area contributed by atoms with Crippen LogP contribution in [0.1, 0.15) is 30.8 Å². The second-order valence-electron chi connectivity index (χ2n) is 4.75. The Balaban J connectivity index is 2.28. The highest BCUT2D eigenvalue weighted by Crippen LogP contribution is 2.25. The lowest BCUT2D eigenvalue weighted by Crippen LogP contribution is -2.31. The van der Waals surface area contributed by atoms with Crippen LogP contribution in [-0.2, 0) is 13.0 Å². The molecule has 0 amide bonds. The molecule has 1 atom stereocenters. The summed E-state index contributed by atoms with van der Waals surface area (Å²) >= 11 is 5.56. The van der Waals surface area contributed by atoms with Crippen LogP contribution in [0.15, 0.2) is 24.5 Å². The van der Waals surface area contributed by atoms with Gasteiger partial charge in [-0.15, -0.1) is 0 Å². The number of nitrogens with one attached hydrogen (secondary N) is 1. The maximum atomic E-state index is 14.0. The van der Waals surface area contributed by atoms with Gasteiger partial charge in [0.1, 0.15) is 17.5 Å². The second kappa shape index (κ2) is 6.98. The Morgan fingerprint density at radius 3 is 2.81 bits per heavy atom. The number of nitrogens with two attached hydrogens (primary N) is 1. The molecule has 1 aromatic carbocycles. The van der Waals surface area contributed by atoms with Gasteiger partial charge in [-0.25, -0.2) is 13.8 Å². The third-order valence-electron chi connectivity index (χ3n) is 3.27. The first kappa shape index (κ1) is 15.9. The van der Waals surface area contributed by atoms with Crippen LogP contribution in [0.2, 0.25) is 5.02 Å². The van der Waals surface area contributed by atoms with Gasteiger partial charge in [0.25, 0.3) is 0 Å². The number of halogens is 3. The zero-order valence-electron chi connectivity index (χ0n) is 11.6.